The number of carbonyl (C=O) groups is 2. The van der Waals surface area contributed by atoms with Crippen molar-refractivity contribution >= 4 is 29.1 Å². The molecule has 5 rings (SSSR count). The van der Waals surface area contributed by atoms with E-state index in [1.54, 1.807) is 35.1 Å². The van der Waals surface area contributed by atoms with Crippen molar-refractivity contribution in [1.82, 2.24) is 29.9 Å². The maximum atomic E-state index is 13.1. The lowest BCUT2D eigenvalue weighted by molar-refractivity contribution is 0.0995. The van der Waals surface area contributed by atoms with Crippen LogP contribution in [0.4, 0.5) is 22.0 Å². The van der Waals surface area contributed by atoms with Crippen LogP contribution in [0.2, 0.25) is 0 Å². The lowest BCUT2D eigenvalue weighted by Gasteiger charge is -2.23. The summed E-state index contributed by atoms with van der Waals surface area (Å²) in [5.41, 5.74) is 6.98. The van der Waals surface area contributed by atoms with E-state index in [2.05, 4.69) is 25.6 Å². The summed E-state index contributed by atoms with van der Waals surface area (Å²) in [7, 11) is 3.30. The molecule has 1 unspecified atom stereocenters. The molecule has 2 fully saturated rings. The zero-order valence-electron chi connectivity index (χ0n) is 19.3. The average molecular weight is 480 g/mol. The maximum Gasteiger partial charge on any atom is 0.326 e. The Kier molecular flexibility index (Phi) is 5.91. The Morgan fingerprint density at radius 1 is 1.26 bits per heavy atom. The van der Waals surface area contributed by atoms with Gasteiger partial charge in [0.25, 0.3) is 5.91 Å². The molecule has 0 spiro atoms. The van der Waals surface area contributed by atoms with Gasteiger partial charge >= 0.3 is 6.03 Å². The molecular formula is C22H25N9O4. The van der Waals surface area contributed by atoms with Gasteiger partial charge in [0, 0.05) is 32.8 Å². The Labute approximate surface area is 200 Å². The molecule has 3 aromatic rings. The fraction of sp³-hybridized carbons (Fsp3) is 0.364. The van der Waals surface area contributed by atoms with Gasteiger partial charge in [-0.05, 0) is 18.6 Å². The number of rotatable bonds is 7. The molecule has 2 saturated heterocycles. The van der Waals surface area contributed by atoms with E-state index in [4.69, 9.17) is 15.2 Å². The monoisotopic (exact) mass is 479 g/mol. The first-order chi connectivity index (χ1) is 17.0. The lowest BCUT2D eigenvalue weighted by atomic mass is 10.1. The predicted molar refractivity (Wildman–Crippen MR) is 125 cm³/mol. The number of nitrogens with zero attached hydrogens (tertiary/aromatic N) is 7. The van der Waals surface area contributed by atoms with Gasteiger partial charge in [0.1, 0.15) is 6.33 Å². The number of nitrogens with one attached hydrogen (secondary N) is 1. The number of nitrogens with two attached hydrogens (primary N) is 1. The van der Waals surface area contributed by atoms with Crippen LogP contribution in [0.15, 0.2) is 30.6 Å². The number of para-hydroxylation sites is 1. The van der Waals surface area contributed by atoms with Crippen LogP contribution in [0.1, 0.15) is 16.9 Å². The van der Waals surface area contributed by atoms with Crippen molar-refractivity contribution in [2.75, 3.05) is 43.6 Å². The summed E-state index contributed by atoms with van der Waals surface area (Å²) < 4.78 is 12.7. The zero-order valence-corrected chi connectivity index (χ0v) is 19.3. The summed E-state index contributed by atoms with van der Waals surface area (Å²) in [5.74, 6) is 0.503. The van der Waals surface area contributed by atoms with Crippen LogP contribution in [0.25, 0.3) is 11.4 Å². The number of urea groups is 1. The van der Waals surface area contributed by atoms with Gasteiger partial charge in [-0.3, -0.25) is 14.4 Å². The average Bonchev–Trinajstić information content (AvgIpc) is 3.60. The Bertz CT molecular complexity index is 1270. The second-order valence-corrected chi connectivity index (χ2v) is 8.23. The SMILES string of the molecule is COc1c(Nc2cc(N3CCN(C4CCOC4)C3=O)nnc2C(N)=O)cccc1-c1ncn(C)n1. The van der Waals surface area contributed by atoms with Gasteiger partial charge in [0.05, 0.1) is 36.7 Å². The van der Waals surface area contributed by atoms with Crippen molar-refractivity contribution in [3.63, 3.8) is 0 Å². The molecule has 3 amide bonds. The first-order valence-corrected chi connectivity index (χ1v) is 11.1. The highest BCUT2D eigenvalue weighted by Gasteiger charge is 2.37. The second-order valence-electron chi connectivity index (χ2n) is 8.23. The van der Waals surface area contributed by atoms with Gasteiger partial charge in [-0.2, -0.15) is 5.10 Å². The van der Waals surface area contributed by atoms with Crippen LogP contribution in [0, 0.1) is 0 Å². The second kappa shape index (κ2) is 9.18. The molecule has 1 aromatic carbocycles. The molecule has 2 aliphatic heterocycles. The molecular weight excluding hydrogens is 454 g/mol. The van der Waals surface area contributed by atoms with E-state index in [0.29, 0.717) is 60.6 Å². The number of aryl methyl sites for hydroxylation is 1. The van der Waals surface area contributed by atoms with Crippen LogP contribution in [0.3, 0.4) is 0 Å². The smallest absolute Gasteiger partial charge is 0.326 e. The quantitative estimate of drug-likeness (QED) is 0.508. The topological polar surface area (TPSA) is 154 Å². The van der Waals surface area contributed by atoms with Crippen LogP contribution < -0.4 is 20.7 Å². The number of hydrogen-bond acceptors (Lipinski definition) is 9. The van der Waals surface area contributed by atoms with Crippen molar-refractivity contribution in [1.29, 1.82) is 0 Å². The van der Waals surface area contributed by atoms with Crippen molar-refractivity contribution in [2.45, 2.75) is 12.5 Å². The molecule has 0 saturated carbocycles. The van der Waals surface area contributed by atoms with E-state index >= 15 is 0 Å². The zero-order chi connectivity index (χ0) is 24.5. The molecule has 0 radical (unpaired) electrons. The first-order valence-electron chi connectivity index (χ1n) is 11.1. The molecule has 3 N–H and O–H groups in total. The molecule has 13 nitrogen and oxygen atoms in total. The van der Waals surface area contributed by atoms with Crippen LogP contribution in [-0.2, 0) is 11.8 Å². The Hall–Kier alpha value is -4.26. The molecule has 13 heteroatoms. The number of methoxy groups -OCH3 is 1. The summed E-state index contributed by atoms with van der Waals surface area (Å²) >= 11 is 0. The standard InChI is InChI=1S/C22H25N9O4/c1-29-12-24-21(28-29)14-4-3-5-15(19(14)34-2)25-16-10-17(26-27-18(16)20(23)32)31-8-7-30(22(31)33)13-6-9-35-11-13/h3-5,10,12-13H,6-9,11H2,1-2H3,(H2,23,32)(H,25,26). The molecule has 0 bridgehead atoms. The summed E-state index contributed by atoms with van der Waals surface area (Å²) in [6, 6.07) is 6.88. The fourth-order valence-electron chi connectivity index (χ4n) is 4.30. The summed E-state index contributed by atoms with van der Waals surface area (Å²) in [6.07, 6.45) is 2.40. The van der Waals surface area contributed by atoms with Gasteiger partial charge in [-0.25, -0.2) is 9.78 Å². The predicted octanol–water partition coefficient (Wildman–Crippen LogP) is 1.15. The highest BCUT2D eigenvalue weighted by Crippen LogP contribution is 2.37. The Morgan fingerprint density at radius 2 is 2.11 bits per heavy atom. The van der Waals surface area contributed by atoms with Gasteiger partial charge in [-0.15, -0.1) is 10.2 Å². The van der Waals surface area contributed by atoms with Crippen molar-refractivity contribution in [3.05, 3.63) is 36.3 Å². The van der Waals surface area contributed by atoms with Gasteiger partial charge in [0.15, 0.2) is 23.1 Å². The minimum Gasteiger partial charge on any atom is -0.494 e. The number of hydrogen-bond donors (Lipinski definition) is 2. The Morgan fingerprint density at radius 3 is 2.80 bits per heavy atom. The number of aromatic nitrogens is 5. The van der Waals surface area contributed by atoms with Gasteiger partial charge < -0.3 is 25.4 Å². The minimum absolute atomic E-state index is 0.0511. The minimum atomic E-state index is -0.759. The molecule has 2 aromatic heterocycles. The lowest BCUT2D eigenvalue weighted by Crippen LogP contribution is -2.40. The molecule has 35 heavy (non-hydrogen) atoms. The normalized spacial score (nSPS) is 17.8. The molecule has 0 aliphatic carbocycles. The third-order valence-electron chi connectivity index (χ3n) is 6.01. The van der Waals surface area contributed by atoms with E-state index in [0.717, 1.165) is 6.42 Å². The van der Waals surface area contributed by atoms with E-state index < -0.39 is 5.91 Å². The van der Waals surface area contributed by atoms with Crippen LogP contribution >= 0.6 is 0 Å². The number of ether oxygens (including phenoxy) is 2. The van der Waals surface area contributed by atoms with E-state index in [1.807, 2.05) is 12.1 Å². The van der Waals surface area contributed by atoms with Crippen LogP contribution in [-0.4, -0.2) is 81.3 Å². The number of anilines is 3. The number of benzene rings is 1. The summed E-state index contributed by atoms with van der Waals surface area (Å²) in [5, 5.41) is 15.6. The van der Waals surface area contributed by atoms with E-state index in [-0.39, 0.29) is 17.8 Å². The van der Waals surface area contributed by atoms with Crippen molar-refractivity contribution in [2.24, 2.45) is 12.8 Å². The van der Waals surface area contributed by atoms with E-state index in [1.165, 1.54) is 12.0 Å². The van der Waals surface area contributed by atoms with Crippen molar-refractivity contribution < 1.29 is 19.1 Å². The van der Waals surface area contributed by atoms with E-state index in [9.17, 15) is 9.59 Å². The molecule has 1 atom stereocenters. The molecule has 182 valence electrons. The van der Waals surface area contributed by atoms with Crippen molar-refractivity contribution in [3.8, 4) is 17.1 Å². The summed E-state index contributed by atoms with van der Waals surface area (Å²) in [4.78, 5) is 32.8. The summed E-state index contributed by atoms with van der Waals surface area (Å²) in [6.45, 7) is 2.18. The van der Waals surface area contributed by atoms with Gasteiger partial charge in [0.2, 0.25) is 0 Å². The van der Waals surface area contributed by atoms with Gasteiger partial charge in [-0.1, -0.05) is 6.07 Å². The third-order valence-corrected chi connectivity index (χ3v) is 6.01. The molecule has 2 aliphatic rings. The number of primary amides is 1. The highest BCUT2D eigenvalue weighted by molar-refractivity contribution is 5.99. The highest BCUT2D eigenvalue weighted by atomic mass is 16.5. The number of amides is 3. The third kappa shape index (κ3) is 4.21. The Balaban J connectivity index is 1.48. The first kappa shape index (κ1) is 22.5. The van der Waals surface area contributed by atoms with Crippen LogP contribution in [0.5, 0.6) is 5.75 Å². The largest absolute Gasteiger partial charge is 0.494 e. The maximum absolute atomic E-state index is 13.1. The number of carbonyl (C=O) groups excluding carboxylic acids is 2. The fourth-order valence-corrected chi connectivity index (χ4v) is 4.30. The molecule has 4 heterocycles.